The molecule has 0 radical (unpaired) electrons. The Hall–Kier alpha value is -3.81. The second kappa shape index (κ2) is 12.1. The van der Waals surface area contributed by atoms with Crippen LogP contribution in [0.5, 0.6) is 0 Å². The normalized spacial score (nSPS) is 17.7. The monoisotopic (exact) mass is 477 g/mol. The molecule has 1 fully saturated rings. The second-order valence-corrected chi connectivity index (χ2v) is 8.75. The van der Waals surface area contributed by atoms with Crippen LogP contribution in [0.15, 0.2) is 66.7 Å². The smallest absolute Gasteiger partial charge is 0.246 e. The van der Waals surface area contributed by atoms with Crippen LogP contribution in [-0.2, 0) is 31.9 Å². The molecule has 0 saturated carbocycles. The summed E-state index contributed by atoms with van der Waals surface area (Å²) in [5.74, 6) is 0.195. The van der Waals surface area contributed by atoms with E-state index in [9.17, 15) is 14.4 Å². The summed E-state index contributed by atoms with van der Waals surface area (Å²) >= 11 is 0. The molecule has 0 aromatic heterocycles. The van der Waals surface area contributed by atoms with Gasteiger partial charge < -0.3 is 25.0 Å². The molecule has 2 heterocycles. The minimum atomic E-state index is -0.650. The van der Waals surface area contributed by atoms with Gasteiger partial charge in [-0.1, -0.05) is 54.6 Å². The number of hydrogen-bond acceptors (Lipinski definition) is 6. The highest BCUT2D eigenvalue weighted by Crippen LogP contribution is 2.17. The Balaban J connectivity index is 1.25. The third-order valence-corrected chi connectivity index (χ3v) is 6.09. The van der Waals surface area contributed by atoms with E-state index in [0.29, 0.717) is 43.9 Å². The third kappa shape index (κ3) is 7.09. The molecule has 2 amide bonds. The van der Waals surface area contributed by atoms with Crippen LogP contribution in [-0.4, -0.2) is 55.0 Å². The van der Waals surface area contributed by atoms with E-state index in [4.69, 9.17) is 9.47 Å². The van der Waals surface area contributed by atoms with Gasteiger partial charge in [-0.15, -0.1) is 0 Å². The molecular weight excluding hydrogens is 446 g/mol. The lowest BCUT2D eigenvalue weighted by atomic mass is 10.0. The summed E-state index contributed by atoms with van der Waals surface area (Å²) in [6.45, 7) is 1.77. The van der Waals surface area contributed by atoms with Crippen molar-refractivity contribution in [3.05, 3.63) is 83.4 Å². The van der Waals surface area contributed by atoms with Crippen LogP contribution in [0, 0.1) is 0 Å². The van der Waals surface area contributed by atoms with Crippen LogP contribution in [0.2, 0.25) is 0 Å². The molecule has 8 nitrogen and oxygen atoms in total. The molecule has 2 aliphatic rings. The van der Waals surface area contributed by atoms with Gasteiger partial charge in [-0.25, -0.2) is 0 Å². The number of aldehydes is 1. The van der Waals surface area contributed by atoms with Crippen LogP contribution in [0.4, 0.5) is 0 Å². The number of likely N-dealkylation sites (tertiary alicyclic amines) is 1. The Labute approximate surface area is 205 Å². The van der Waals surface area contributed by atoms with Crippen LogP contribution < -0.4 is 10.6 Å². The highest BCUT2D eigenvalue weighted by Gasteiger charge is 2.28. The van der Waals surface area contributed by atoms with Crippen LogP contribution >= 0.6 is 0 Å². The molecule has 2 atom stereocenters. The van der Waals surface area contributed by atoms with E-state index in [1.165, 1.54) is 6.26 Å². The van der Waals surface area contributed by atoms with E-state index in [0.717, 1.165) is 30.3 Å². The molecule has 2 N–H and O–H groups in total. The predicted octanol–water partition coefficient (Wildman–Crippen LogP) is 2.54. The van der Waals surface area contributed by atoms with Crippen molar-refractivity contribution in [2.75, 3.05) is 19.6 Å². The summed E-state index contributed by atoms with van der Waals surface area (Å²) in [5, 5.41) is 5.98. The molecule has 0 aliphatic carbocycles. The lowest BCUT2D eigenvalue weighted by molar-refractivity contribution is -0.135. The van der Waals surface area contributed by atoms with Crippen molar-refractivity contribution in [2.45, 2.75) is 44.4 Å². The van der Waals surface area contributed by atoms with Crippen molar-refractivity contribution in [2.24, 2.45) is 0 Å². The Morgan fingerprint density at radius 3 is 2.49 bits per heavy atom. The quantitative estimate of drug-likeness (QED) is 0.483. The van der Waals surface area contributed by atoms with Gasteiger partial charge in [0.05, 0.1) is 0 Å². The average Bonchev–Trinajstić information content (AvgIpc) is 3.57. The molecule has 2 aromatic carbocycles. The fourth-order valence-corrected chi connectivity index (χ4v) is 4.21. The first-order valence-corrected chi connectivity index (χ1v) is 12.0. The minimum Gasteiger partial charge on any atom is -0.457 e. The molecule has 0 bridgehead atoms. The Bertz CT molecular complexity index is 1030. The fraction of sp³-hybridized carbons (Fsp3) is 0.370. The van der Waals surface area contributed by atoms with Crippen molar-refractivity contribution in [3.63, 3.8) is 0 Å². The Kier molecular flexibility index (Phi) is 8.38. The first-order chi connectivity index (χ1) is 17.1. The number of carbonyl (C=O) groups excluding carboxylic acids is 3. The summed E-state index contributed by atoms with van der Waals surface area (Å²) < 4.78 is 11.3. The first kappa shape index (κ1) is 24.3. The number of nitrogens with one attached hydrogen (secondary N) is 2. The second-order valence-electron chi connectivity index (χ2n) is 8.75. The molecule has 2 aliphatic heterocycles. The van der Waals surface area contributed by atoms with E-state index in [1.807, 2.05) is 47.4 Å². The Morgan fingerprint density at radius 1 is 1.03 bits per heavy atom. The molecule has 0 spiro atoms. The highest BCUT2D eigenvalue weighted by molar-refractivity contribution is 5.88. The summed E-state index contributed by atoms with van der Waals surface area (Å²) in [6.07, 6.45) is 5.03. The van der Waals surface area contributed by atoms with Crippen molar-refractivity contribution in [1.29, 1.82) is 0 Å². The van der Waals surface area contributed by atoms with Gasteiger partial charge in [-0.2, -0.15) is 0 Å². The maximum Gasteiger partial charge on any atom is 0.246 e. The van der Waals surface area contributed by atoms with Gasteiger partial charge in [-0.05, 0) is 24.0 Å². The van der Waals surface area contributed by atoms with Crippen molar-refractivity contribution >= 4 is 18.1 Å². The maximum atomic E-state index is 13.1. The first-order valence-electron chi connectivity index (χ1n) is 12.0. The van der Waals surface area contributed by atoms with E-state index < -0.39 is 12.3 Å². The van der Waals surface area contributed by atoms with Gasteiger partial charge >= 0.3 is 0 Å². The van der Waals surface area contributed by atoms with Gasteiger partial charge in [0.25, 0.3) is 0 Å². The molecule has 184 valence electrons. The summed E-state index contributed by atoms with van der Waals surface area (Å²) in [4.78, 5) is 38.5. The topological polar surface area (TPSA) is 97.0 Å². The standard InChI is InChI=1S/C27H31N3O5/c31-18-22-10-8-21(9-11-22)16-23(27(33)30-14-4-5-15-30)29-24(32)12-13-28-25-19-34-26(35-25)17-20-6-2-1-3-7-20/h1-3,6-11,18-19,23,26,28H,4-5,12-17H2,(H,29,32). The zero-order valence-electron chi connectivity index (χ0n) is 19.7. The van der Waals surface area contributed by atoms with Gasteiger partial charge in [0.2, 0.25) is 24.0 Å². The van der Waals surface area contributed by atoms with Crippen molar-refractivity contribution in [1.82, 2.24) is 15.5 Å². The van der Waals surface area contributed by atoms with Crippen LogP contribution in [0.1, 0.15) is 40.7 Å². The number of carbonyl (C=O) groups is 3. The van der Waals surface area contributed by atoms with Crippen LogP contribution in [0.3, 0.4) is 0 Å². The van der Waals surface area contributed by atoms with Gasteiger partial charge in [0.1, 0.15) is 18.6 Å². The lowest BCUT2D eigenvalue weighted by Gasteiger charge is -2.24. The van der Waals surface area contributed by atoms with Crippen molar-refractivity contribution < 1.29 is 23.9 Å². The Morgan fingerprint density at radius 2 is 1.77 bits per heavy atom. The van der Waals surface area contributed by atoms with Crippen LogP contribution in [0.25, 0.3) is 0 Å². The fourth-order valence-electron chi connectivity index (χ4n) is 4.21. The lowest BCUT2D eigenvalue weighted by Crippen LogP contribution is -2.49. The number of ether oxygens (including phenoxy) is 2. The van der Waals surface area contributed by atoms with E-state index in [1.54, 1.807) is 12.1 Å². The molecule has 4 rings (SSSR count). The van der Waals surface area contributed by atoms with Gasteiger partial charge in [0.15, 0.2) is 0 Å². The van der Waals surface area contributed by atoms with E-state index >= 15 is 0 Å². The van der Waals surface area contributed by atoms with E-state index in [-0.39, 0.29) is 18.2 Å². The summed E-state index contributed by atoms with van der Waals surface area (Å²) in [5.41, 5.74) is 2.57. The highest BCUT2D eigenvalue weighted by atomic mass is 16.7. The van der Waals surface area contributed by atoms with Gasteiger partial charge in [0, 0.05) is 44.5 Å². The average molecular weight is 478 g/mol. The molecule has 1 saturated heterocycles. The zero-order chi connectivity index (χ0) is 24.5. The number of benzene rings is 2. The maximum absolute atomic E-state index is 13.1. The molecule has 2 aromatic rings. The van der Waals surface area contributed by atoms with E-state index in [2.05, 4.69) is 10.6 Å². The molecular formula is C27H31N3O5. The van der Waals surface area contributed by atoms with Gasteiger partial charge in [-0.3, -0.25) is 14.4 Å². The number of hydrogen-bond donors (Lipinski definition) is 2. The largest absolute Gasteiger partial charge is 0.457 e. The number of rotatable bonds is 11. The summed E-state index contributed by atoms with van der Waals surface area (Å²) in [6, 6.07) is 16.3. The van der Waals surface area contributed by atoms with Crippen molar-refractivity contribution in [3.8, 4) is 0 Å². The minimum absolute atomic E-state index is 0.0674. The zero-order valence-corrected chi connectivity index (χ0v) is 19.7. The number of amides is 2. The predicted molar refractivity (Wildman–Crippen MR) is 130 cm³/mol. The number of nitrogens with zero attached hydrogens (tertiary/aromatic N) is 1. The SMILES string of the molecule is O=Cc1ccc(CC(NC(=O)CCNC2=COC(Cc3ccccc3)O2)C(=O)N2CCCC2)cc1. The molecule has 8 heteroatoms. The summed E-state index contributed by atoms with van der Waals surface area (Å²) in [7, 11) is 0. The third-order valence-electron chi connectivity index (χ3n) is 6.09. The molecule has 2 unspecified atom stereocenters. The molecule has 35 heavy (non-hydrogen) atoms.